The van der Waals surface area contributed by atoms with Gasteiger partial charge >= 0.3 is 5.97 Å². The summed E-state index contributed by atoms with van der Waals surface area (Å²) >= 11 is 0. The molecule has 0 aromatic carbocycles. The van der Waals surface area contributed by atoms with E-state index in [1.165, 1.54) is 128 Å². The maximum Gasteiger partial charge on any atom is 0.306 e. The van der Waals surface area contributed by atoms with Crippen LogP contribution in [0.5, 0.6) is 0 Å². The Morgan fingerprint density at radius 1 is 0.508 bits per heavy atom. The first-order valence-corrected chi connectivity index (χ1v) is 25.3. The van der Waals surface area contributed by atoms with E-state index in [-0.39, 0.29) is 25.6 Å². The van der Waals surface area contributed by atoms with Gasteiger partial charge in [0.15, 0.2) is 12.6 Å². The van der Waals surface area contributed by atoms with Crippen molar-refractivity contribution >= 4 is 5.97 Å². The number of aliphatic hydroxyl groups is 7. The molecule has 0 saturated carbocycles. The van der Waals surface area contributed by atoms with E-state index in [1.54, 1.807) is 0 Å². The number of ether oxygens (including phenoxy) is 6. The molecule has 63 heavy (non-hydrogen) atoms. The molecule has 2 saturated heterocycles. The third-order valence-corrected chi connectivity index (χ3v) is 12.3. The summed E-state index contributed by atoms with van der Waals surface area (Å²) in [7, 11) is 0. The van der Waals surface area contributed by atoms with Gasteiger partial charge in [-0.2, -0.15) is 0 Å². The third-order valence-electron chi connectivity index (χ3n) is 12.3. The number of esters is 1. The summed E-state index contributed by atoms with van der Waals surface area (Å²) in [5.74, 6) is -0.377. The number of rotatable bonds is 40. The molecule has 0 aromatic heterocycles. The van der Waals surface area contributed by atoms with E-state index in [0.717, 1.165) is 38.5 Å². The average Bonchev–Trinajstić information content (AvgIpc) is 3.28. The van der Waals surface area contributed by atoms with Crippen LogP contribution in [-0.4, -0.2) is 142 Å². The SMILES string of the molecule is CCCCCCCCC/C=C\CCCCCCCCCCOCC(COC1OC(COC2OC(CO)C(O)C(O)C2O)C(O)C(O)C1O)OC(=O)CCCCCCCCCCCC. The zero-order valence-corrected chi connectivity index (χ0v) is 39.3. The summed E-state index contributed by atoms with van der Waals surface area (Å²) in [5.41, 5.74) is 0. The van der Waals surface area contributed by atoms with Gasteiger partial charge in [-0.3, -0.25) is 4.79 Å². The number of hydrogen-bond acceptors (Lipinski definition) is 14. The summed E-state index contributed by atoms with van der Waals surface area (Å²) in [6.07, 6.45) is 21.4. The van der Waals surface area contributed by atoms with Gasteiger partial charge in [0.25, 0.3) is 0 Å². The van der Waals surface area contributed by atoms with Crippen LogP contribution in [0.15, 0.2) is 12.2 Å². The Bertz CT molecular complexity index is 1100. The Balaban J connectivity index is 1.74. The largest absolute Gasteiger partial charge is 0.457 e. The fourth-order valence-corrected chi connectivity index (χ4v) is 8.10. The van der Waals surface area contributed by atoms with Gasteiger partial charge in [0.05, 0.1) is 26.4 Å². The predicted octanol–water partition coefficient (Wildman–Crippen LogP) is 7.07. The van der Waals surface area contributed by atoms with E-state index in [1.807, 2.05) is 0 Å². The first-order valence-electron chi connectivity index (χ1n) is 25.3. The zero-order chi connectivity index (χ0) is 45.9. The number of carbonyl (C=O) groups excluding carboxylic acids is 1. The Morgan fingerprint density at radius 3 is 1.44 bits per heavy atom. The van der Waals surface area contributed by atoms with Crippen LogP contribution in [0.25, 0.3) is 0 Å². The lowest BCUT2D eigenvalue weighted by Crippen LogP contribution is -2.61. The predicted molar refractivity (Wildman–Crippen MR) is 243 cm³/mol. The van der Waals surface area contributed by atoms with Crippen molar-refractivity contribution in [3.8, 4) is 0 Å². The average molecular weight is 905 g/mol. The highest BCUT2D eigenvalue weighted by molar-refractivity contribution is 5.69. The number of aliphatic hydroxyl groups excluding tert-OH is 7. The van der Waals surface area contributed by atoms with Gasteiger partial charge < -0.3 is 64.2 Å². The van der Waals surface area contributed by atoms with Crippen LogP contribution in [0, 0.1) is 0 Å². The van der Waals surface area contributed by atoms with Gasteiger partial charge in [-0.1, -0.05) is 161 Å². The van der Waals surface area contributed by atoms with Crippen molar-refractivity contribution in [3.63, 3.8) is 0 Å². The van der Waals surface area contributed by atoms with E-state index in [0.29, 0.717) is 13.0 Å². The normalized spacial score (nSPS) is 27.0. The molecule has 14 heteroatoms. The lowest BCUT2D eigenvalue weighted by atomic mass is 9.98. The molecule has 0 radical (unpaired) electrons. The van der Waals surface area contributed by atoms with E-state index in [9.17, 15) is 40.5 Å². The highest BCUT2D eigenvalue weighted by Gasteiger charge is 2.47. The van der Waals surface area contributed by atoms with Crippen LogP contribution in [0.2, 0.25) is 0 Å². The third kappa shape index (κ3) is 26.0. The Kier molecular flexibility index (Phi) is 34.7. The number of hydrogen-bond donors (Lipinski definition) is 7. The monoisotopic (exact) mass is 905 g/mol. The molecule has 0 aromatic rings. The van der Waals surface area contributed by atoms with Crippen molar-refractivity contribution in [1.29, 1.82) is 0 Å². The fraction of sp³-hybridized carbons (Fsp3) is 0.939. The second kappa shape index (κ2) is 37.8. The van der Waals surface area contributed by atoms with Crippen LogP contribution in [-0.2, 0) is 33.2 Å². The number of carbonyl (C=O) groups is 1. The van der Waals surface area contributed by atoms with Crippen LogP contribution >= 0.6 is 0 Å². The topological polar surface area (TPSA) is 214 Å². The fourth-order valence-electron chi connectivity index (χ4n) is 8.10. The molecule has 0 amide bonds. The summed E-state index contributed by atoms with van der Waals surface area (Å²) in [6.45, 7) is 3.68. The van der Waals surface area contributed by atoms with E-state index < -0.39 is 80.7 Å². The molecule has 0 spiro atoms. The molecule has 2 rings (SSSR count). The van der Waals surface area contributed by atoms with Crippen molar-refractivity contribution < 1.29 is 69.0 Å². The lowest BCUT2D eigenvalue weighted by molar-refractivity contribution is -0.332. The molecule has 0 bridgehead atoms. The molecule has 0 aliphatic carbocycles. The molecule has 11 unspecified atom stereocenters. The van der Waals surface area contributed by atoms with Crippen molar-refractivity contribution in [2.24, 2.45) is 0 Å². The summed E-state index contributed by atoms with van der Waals surface area (Å²) in [4.78, 5) is 12.9. The smallest absolute Gasteiger partial charge is 0.306 e. The van der Waals surface area contributed by atoms with Crippen molar-refractivity contribution in [2.45, 2.75) is 261 Å². The second-order valence-corrected chi connectivity index (χ2v) is 18.0. The maximum atomic E-state index is 12.9. The summed E-state index contributed by atoms with van der Waals surface area (Å²) < 4.78 is 34.2. The minimum absolute atomic E-state index is 0.0644. The lowest BCUT2D eigenvalue weighted by Gasteiger charge is -2.42. The molecule has 372 valence electrons. The van der Waals surface area contributed by atoms with Crippen LogP contribution in [0.4, 0.5) is 0 Å². The molecule has 2 aliphatic rings. The van der Waals surface area contributed by atoms with E-state index >= 15 is 0 Å². The zero-order valence-electron chi connectivity index (χ0n) is 39.3. The minimum Gasteiger partial charge on any atom is -0.457 e. The van der Waals surface area contributed by atoms with E-state index in [4.69, 9.17) is 28.4 Å². The van der Waals surface area contributed by atoms with E-state index in [2.05, 4.69) is 26.0 Å². The second-order valence-electron chi connectivity index (χ2n) is 18.0. The van der Waals surface area contributed by atoms with Gasteiger partial charge in [0.2, 0.25) is 0 Å². The summed E-state index contributed by atoms with van der Waals surface area (Å²) in [6, 6.07) is 0. The molecule has 2 aliphatic heterocycles. The van der Waals surface area contributed by atoms with Gasteiger partial charge in [-0.15, -0.1) is 0 Å². The van der Waals surface area contributed by atoms with Gasteiger partial charge in [-0.05, 0) is 38.5 Å². The van der Waals surface area contributed by atoms with Gasteiger partial charge in [-0.25, -0.2) is 0 Å². The highest BCUT2D eigenvalue weighted by Crippen LogP contribution is 2.26. The van der Waals surface area contributed by atoms with Crippen LogP contribution in [0.1, 0.15) is 194 Å². The molecule has 2 heterocycles. The molecule has 2 fully saturated rings. The van der Waals surface area contributed by atoms with Crippen molar-refractivity contribution in [2.75, 3.05) is 33.0 Å². The standard InChI is InChI=1S/C49H92O14/c1-3-5-7-9-11-13-15-16-17-18-19-20-21-22-23-25-27-29-31-33-58-35-38(61-41(51)32-30-28-26-24-14-12-10-8-6-4-2)36-59-48-47(57)45(55)43(53)40(63-48)37-60-49-46(56)44(54)42(52)39(34-50)62-49/h17-18,38-40,42-50,52-57H,3-16,19-37H2,1-2H3/b18-17-. The van der Waals surface area contributed by atoms with Crippen molar-refractivity contribution in [1.82, 2.24) is 0 Å². The Hall–Kier alpha value is -1.27. The Morgan fingerprint density at radius 2 is 0.937 bits per heavy atom. The summed E-state index contributed by atoms with van der Waals surface area (Å²) in [5, 5.41) is 72.0. The van der Waals surface area contributed by atoms with Crippen molar-refractivity contribution in [3.05, 3.63) is 12.2 Å². The maximum absolute atomic E-state index is 12.9. The molecular weight excluding hydrogens is 813 g/mol. The molecule has 7 N–H and O–H groups in total. The quantitative estimate of drug-likeness (QED) is 0.0186. The Labute approximate surface area is 380 Å². The molecule has 11 atom stereocenters. The minimum atomic E-state index is -1.70. The number of allylic oxidation sites excluding steroid dienone is 2. The molecule has 14 nitrogen and oxygen atoms in total. The first-order chi connectivity index (χ1) is 30.6. The first kappa shape index (κ1) is 57.9. The highest BCUT2D eigenvalue weighted by atomic mass is 16.7. The van der Waals surface area contributed by atoms with Gasteiger partial charge in [0, 0.05) is 13.0 Å². The van der Waals surface area contributed by atoms with Gasteiger partial charge in [0.1, 0.15) is 54.9 Å². The molecular formula is C49H92O14. The number of unbranched alkanes of at least 4 members (excludes halogenated alkanes) is 24. The van der Waals surface area contributed by atoms with Crippen LogP contribution in [0.3, 0.4) is 0 Å². The van der Waals surface area contributed by atoms with Crippen LogP contribution < -0.4 is 0 Å².